The van der Waals surface area contributed by atoms with Gasteiger partial charge in [-0.25, -0.2) is 5.43 Å². The molecule has 9 heteroatoms. The standard InChI is InChI=1S/C19H20ClF3N4O/c1-9-15-17(27-26-9)28-16(25)14(8-24)18(15,10-3-2-4-10)11-5-12(19(21,22)23)7-13(20)6-11/h5-7,9-10,15,17,26-27H,2-4,25H2,1H3. The van der Waals surface area contributed by atoms with Gasteiger partial charge in [0, 0.05) is 22.4 Å². The normalized spacial score (nSPS) is 33.1. The molecule has 1 aliphatic carbocycles. The third kappa shape index (κ3) is 2.68. The van der Waals surface area contributed by atoms with Crippen LogP contribution in [0.1, 0.15) is 37.3 Å². The summed E-state index contributed by atoms with van der Waals surface area (Å²) in [5, 5.41) is 9.95. The van der Waals surface area contributed by atoms with Crippen molar-refractivity contribution in [1.29, 1.82) is 5.26 Å². The molecule has 0 spiro atoms. The number of hydrazine groups is 1. The van der Waals surface area contributed by atoms with Crippen molar-refractivity contribution < 1.29 is 17.9 Å². The van der Waals surface area contributed by atoms with E-state index in [0.717, 1.165) is 31.4 Å². The molecule has 0 aromatic heterocycles. The van der Waals surface area contributed by atoms with Gasteiger partial charge in [-0.2, -0.15) is 18.4 Å². The highest BCUT2D eigenvalue weighted by atomic mass is 35.5. The summed E-state index contributed by atoms with van der Waals surface area (Å²) in [4.78, 5) is 0. The van der Waals surface area contributed by atoms with Crippen molar-refractivity contribution in [2.75, 3.05) is 0 Å². The number of nitrogens with zero attached hydrogens (tertiary/aromatic N) is 1. The molecule has 4 unspecified atom stereocenters. The highest BCUT2D eigenvalue weighted by Crippen LogP contribution is 2.58. The maximum atomic E-state index is 13.5. The van der Waals surface area contributed by atoms with Gasteiger partial charge < -0.3 is 10.5 Å². The predicted octanol–water partition coefficient (Wildman–Crippen LogP) is 3.56. The second kappa shape index (κ2) is 6.55. The predicted molar refractivity (Wildman–Crippen MR) is 96.4 cm³/mol. The third-order valence-corrected chi connectivity index (χ3v) is 6.54. The number of halogens is 4. The maximum absolute atomic E-state index is 13.5. The van der Waals surface area contributed by atoms with E-state index >= 15 is 0 Å². The van der Waals surface area contributed by atoms with Crippen molar-refractivity contribution in [3.8, 4) is 6.07 Å². The summed E-state index contributed by atoms with van der Waals surface area (Å²) in [7, 11) is 0. The van der Waals surface area contributed by atoms with E-state index in [4.69, 9.17) is 22.1 Å². The number of hydrogen-bond donors (Lipinski definition) is 3. The maximum Gasteiger partial charge on any atom is 0.416 e. The summed E-state index contributed by atoms with van der Waals surface area (Å²) in [5.74, 6) is -0.396. The van der Waals surface area contributed by atoms with Crippen LogP contribution in [0.25, 0.3) is 0 Å². The summed E-state index contributed by atoms with van der Waals surface area (Å²) >= 11 is 6.12. The first-order valence-corrected chi connectivity index (χ1v) is 9.53. The molecule has 28 heavy (non-hydrogen) atoms. The molecule has 2 aliphatic heterocycles. The minimum absolute atomic E-state index is 0.0194. The fourth-order valence-corrected chi connectivity index (χ4v) is 5.24. The first-order valence-electron chi connectivity index (χ1n) is 9.16. The fourth-order valence-electron chi connectivity index (χ4n) is 5.01. The summed E-state index contributed by atoms with van der Waals surface area (Å²) in [6.45, 7) is 1.92. The van der Waals surface area contributed by atoms with Gasteiger partial charge >= 0.3 is 6.18 Å². The lowest BCUT2D eigenvalue weighted by Gasteiger charge is -2.53. The van der Waals surface area contributed by atoms with E-state index in [-0.39, 0.29) is 34.4 Å². The van der Waals surface area contributed by atoms with Crippen LogP contribution in [0.5, 0.6) is 0 Å². The van der Waals surface area contributed by atoms with Crippen molar-refractivity contribution in [2.45, 2.75) is 50.0 Å². The minimum Gasteiger partial charge on any atom is -0.458 e. The number of benzene rings is 1. The molecular weight excluding hydrogens is 393 g/mol. The molecule has 1 saturated heterocycles. The Labute approximate surface area is 165 Å². The summed E-state index contributed by atoms with van der Waals surface area (Å²) < 4.78 is 46.3. The lowest BCUT2D eigenvalue weighted by molar-refractivity contribution is -0.137. The summed E-state index contributed by atoms with van der Waals surface area (Å²) in [6.07, 6.45) is -2.57. The number of ether oxygens (including phenoxy) is 1. The van der Waals surface area contributed by atoms with E-state index in [1.54, 1.807) is 0 Å². The second-order valence-corrected chi connectivity index (χ2v) is 8.15. The van der Waals surface area contributed by atoms with E-state index in [2.05, 4.69) is 16.9 Å². The summed E-state index contributed by atoms with van der Waals surface area (Å²) in [5.41, 5.74) is 10.9. The molecular formula is C19H20ClF3N4O. The molecule has 2 fully saturated rings. The number of alkyl halides is 3. The third-order valence-electron chi connectivity index (χ3n) is 6.32. The largest absolute Gasteiger partial charge is 0.458 e. The number of fused-ring (bicyclic) bond motifs is 1. The van der Waals surface area contributed by atoms with Gasteiger partial charge in [0.05, 0.1) is 5.56 Å². The molecule has 4 N–H and O–H groups in total. The topological polar surface area (TPSA) is 83.1 Å². The Balaban J connectivity index is 2.03. The van der Waals surface area contributed by atoms with Crippen molar-refractivity contribution in [1.82, 2.24) is 10.9 Å². The Bertz CT molecular complexity index is 877. The lowest BCUT2D eigenvalue weighted by atomic mass is 9.51. The number of nitrogens with two attached hydrogens (primary N) is 1. The number of allylic oxidation sites excluding steroid dienone is 1. The van der Waals surface area contributed by atoms with E-state index in [1.807, 2.05) is 6.92 Å². The molecule has 2 heterocycles. The number of rotatable bonds is 2. The molecule has 4 atom stereocenters. The van der Waals surface area contributed by atoms with Gasteiger partial charge in [0.25, 0.3) is 0 Å². The molecule has 3 aliphatic rings. The van der Waals surface area contributed by atoms with Crippen LogP contribution in [0.2, 0.25) is 5.02 Å². The summed E-state index contributed by atoms with van der Waals surface area (Å²) in [6, 6.07) is 5.55. The molecule has 5 nitrogen and oxygen atoms in total. The van der Waals surface area contributed by atoms with Gasteiger partial charge in [-0.15, -0.1) is 0 Å². The molecule has 0 bridgehead atoms. The monoisotopic (exact) mass is 412 g/mol. The number of nitrogens with one attached hydrogen (secondary N) is 2. The van der Waals surface area contributed by atoms with Crippen LogP contribution in [-0.2, 0) is 16.3 Å². The Hall–Kier alpha value is -1.95. The van der Waals surface area contributed by atoms with Gasteiger partial charge in [-0.05, 0) is 49.4 Å². The van der Waals surface area contributed by atoms with Crippen molar-refractivity contribution in [3.05, 3.63) is 45.8 Å². The molecule has 1 saturated carbocycles. The Morgan fingerprint density at radius 1 is 1.29 bits per heavy atom. The average molecular weight is 413 g/mol. The van der Waals surface area contributed by atoms with Crippen LogP contribution in [-0.4, -0.2) is 12.3 Å². The molecule has 1 aromatic carbocycles. The molecule has 4 rings (SSSR count). The van der Waals surface area contributed by atoms with Crippen molar-refractivity contribution in [3.63, 3.8) is 0 Å². The van der Waals surface area contributed by atoms with Gasteiger partial charge in [-0.3, -0.25) is 5.43 Å². The van der Waals surface area contributed by atoms with Gasteiger partial charge in [0.15, 0.2) is 6.23 Å². The van der Waals surface area contributed by atoms with Gasteiger partial charge in [0.1, 0.15) is 11.6 Å². The smallest absolute Gasteiger partial charge is 0.416 e. The average Bonchev–Trinajstić information content (AvgIpc) is 2.92. The van der Waals surface area contributed by atoms with Crippen LogP contribution in [0, 0.1) is 23.2 Å². The quantitative estimate of drug-likeness (QED) is 0.691. The highest BCUT2D eigenvalue weighted by Gasteiger charge is 2.61. The highest BCUT2D eigenvalue weighted by molar-refractivity contribution is 6.30. The van der Waals surface area contributed by atoms with E-state index in [0.29, 0.717) is 5.56 Å². The van der Waals surface area contributed by atoms with Crippen LogP contribution < -0.4 is 16.6 Å². The first kappa shape index (κ1) is 19.4. The van der Waals surface area contributed by atoms with Gasteiger partial charge in [0.2, 0.25) is 5.88 Å². The minimum atomic E-state index is -4.55. The van der Waals surface area contributed by atoms with Crippen molar-refractivity contribution in [2.24, 2.45) is 17.6 Å². The molecule has 1 aromatic rings. The zero-order valence-electron chi connectivity index (χ0n) is 15.1. The Morgan fingerprint density at radius 3 is 2.57 bits per heavy atom. The zero-order valence-corrected chi connectivity index (χ0v) is 15.9. The SMILES string of the molecule is CC1NNC2OC(N)=C(C#N)C(c3cc(Cl)cc(C(F)(F)F)c3)(C3CCC3)C12. The van der Waals surface area contributed by atoms with Crippen LogP contribution in [0.15, 0.2) is 29.7 Å². The van der Waals surface area contributed by atoms with Crippen molar-refractivity contribution >= 4 is 11.6 Å². The van der Waals surface area contributed by atoms with Crippen LogP contribution in [0.4, 0.5) is 13.2 Å². The fraction of sp³-hybridized carbons (Fsp3) is 0.526. The van der Waals surface area contributed by atoms with E-state index < -0.39 is 23.4 Å². The number of nitriles is 1. The van der Waals surface area contributed by atoms with E-state index in [1.165, 1.54) is 6.07 Å². The first-order chi connectivity index (χ1) is 13.2. The van der Waals surface area contributed by atoms with Gasteiger partial charge in [-0.1, -0.05) is 18.0 Å². The lowest BCUT2D eigenvalue weighted by Crippen LogP contribution is -2.57. The number of hydrogen-bond acceptors (Lipinski definition) is 5. The molecule has 150 valence electrons. The molecule has 0 radical (unpaired) electrons. The molecule has 0 amide bonds. The second-order valence-electron chi connectivity index (χ2n) is 7.72. The zero-order chi connectivity index (χ0) is 20.3. The Morgan fingerprint density at radius 2 is 2.00 bits per heavy atom. The Kier molecular flexibility index (Phi) is 4.53. The van der Waals surface area contributed by atoms with Crippen LogP contribution >= 0.6 is 11.6 Å². The van der Waals surface area contributed by atoms with Crippen LogP contribution in [0.3, 0.4) is 0 Å². The van der Waals surface area contributed by atoms with E-state index in [9.17, 15) is 18.4 Å².